The minimum Gasteiger partial charge on any atom is -0.423 e. The maximum Gasteiger partial charge on any atom is 0.233 e. The molecule has 0 aliphatic heterocycles. The largest absolute Gasteiger partial charge is 0.423 e. The molecule has 2 rings (SSSR count). The minimum absolute atomic E-state index is 0.175. The van der Waals surface area contributed by atoms with E-state index in [0.717, 1.165) is 25.8 Å². The van der Waals surface area contributed by atoms with Crippen LogP contribution in [0.4, 0.5) is 0 Å². The summed E-state index contributed by atoms with van der Waals surface area (Å²) in [6.07, 6.45) is 2.79. The Balaban J connectivity index is 1.99. The smallest absolute Gasteiger partial charge is 0.233 e. The van der Waals surface area contributed by atoms with E-state index in [-0.39, 0.29) is 6.04 Å². The van der Waals surface area contributed by atoms with Crippen LogP contribution >= 0.6 is 11.3 Å². The summed E-state index contributed by atoms with van der Waals surface area (Å²) < 4.78 is 5.73. The van der Waals surface area contributed by atoms with Gasteiger partial charge in [-0.1, -0.05) is 19.9 Å². The Hall–Kier alpha value is -1.20. The van der Waals surface area contributed by atoms with E-state index in [2.05, 4.69) is 40.8 Å². The zero-order valence-corrected chi connectivity index (χ0v) is 11.7. The second-order valence-corrected chi connectivity index (χ2v) is 5.24. The molecule has 0 bridgehead atoms. The molecule has 0 amide bonds. The Morgan fingerprint density at radius 3 is 2.94 bits per heavy atom. The average Bonchev–Trinajstić information content (AvgIpc) is 3.03. The van der Waals surface area contributed by atoms with Crippen molar-refractivity contribution in [2.75, 3.05) is 6.54 Å². The van der Waals surface area contributed by atoms with Gasteiger partial charge in [-0.15, -0.1) is 21.5 Å². The summed E-state index contributed by atoms with van der Waals surface area (Å²) in [5.74, 6) is 1.40. The van der Waals surface area contributed by atoms with E-state index >= 15 is 0 Å². The van der Waals surface area contributed by atoms with Crippen LogP contribution < -0.4 is 5.32 Å². The molecule has 0 aliphatic carbocycles. The van der Waals surface area contributed by atoms with Crippen LogP contribution in [-0.2, 0) is 6.42 Å². The summed E-state index contributed by atoms with van der Waals surface area (Å²) in [6.45, 7) is 5.24. The van der Waals surface area contributed by atoms with Gasteiger partial charge >= 0.3 is 0 Å². The highest BCUT2D eigenvalue weighted by molar-refractivity contribution is 7.09. The first-order chi connectivity index (χ1) is 8.83. The van der Waals surface area contributed by atoms with Crippen LogP contribution in [0.15, 0.2) is 21.9 Å². The van der Waals surface area contributed by atoms with Gasteiger partial charge in [0, 0.05) is 4.88 Å². The fraction of sp³-hybridized carbons (Fsp3) is 0.538. The van der Waals surface area contributed by atoms with Gasteiger partial charge in [0.05, 0.1) is 12.5 Å². The van der Waals surface area contributed by atoms with Gasteiger partial charge in [-0.3, -0.25) is 0 Å². The zero-order chi connectivity index (χ0) is 12.8. The summed E-state index contributed by atoms with van der Waals surface area (Å²) in [5.41, 5.74) is 0. The van der Waals surface area contributed by atoms with Crippen molar-refractivity contribution in [3.05, 3.63) is 34.2 Å². The lowest BCUT2D eigenvalue weighted by Crippen LogP contribution is -2.21. The molecule has 2 aromatic rings. The predicted octanol–water partition coefficient (Wildman–Crippen LogP) is 3.17. The van der Waals surface area contributed by atoms with Crippen molar-refractivity contribution in [2.45, 2.75) is 39.2 Å². The van der Waals surface area contributed by atoms with E-state index in [1.807, 2.05) is 6.07 Å². The Morgan fingerprint density at radius 2 is 2.28 bits per heavy atom. The first kappa shape index (κ1) is 13.2. The van der Waals surface area contributed by atoms with Crippen molar-refractivity contribution in [3.63, 3.8) is 0 Å². The van der Waals surface area contributed by atoms with E-state index < -0.39 is 0 Å². The van der Waals surface area contributed by atoms with Gasteiger partial charge in [-0.2, -0.15) is 0 Å². The molecule has 1 unspecified atom stereocenters. The molecular weight excluding hydrogens is 246 g/mol. The van der Waals surface area contributed by atoms with Crippen molar-refractivity contribution in [2.24, 2.45) is 0 Å². The molecule has 0 fully saturated rings. The number of nitrogens with zero attached hydrogens (tertiary/aromatic N) is 2. The summed E-state index contributed by atoms with van der Waals surface area (Å²) >= 11 is 1.71. The van der Waals surface area contributed by atoms with Crippen molar-refractivity contribution >= 4 is 11.3 Å². The molecular formula is C13H19N3OS. The molecule has 18 heavy (non-hydrogen) atoms. The van der Waals surface area contributed by atoms with Gasteiger partial charge in [-0.05, 0) is 30.8 Å². The molecule has 0 aliphatic rings. The number of hydrogen-bond acceptors (Lipinski definition) is 5. The van der Waals surface area contributed by atoms with Crippen molar-refractivity contribution in [1.29, 1.82) is 0 Å². The molecule has 98 valence electrons. The Labute approximate surface area is 111 Å². The Bertz CT molecular complexity index is 453. The third kappa shape index (κ3) is 3.40. The zero-order valence-electron chi connectivity index (χ0n) is 10.8. The number of aromatic nitrogens is 2. The number of nitrogens with one attached hydrogen (secondary N) is 1. The van der Waals surface area contributed by atoms with Gasteiger partial charge in [0.15, 0.2) is 0 Å². The average molecular weight is 265 g/mol. The minimum atomic E-state index is 0.175. The maximum atomic E-state index is 5.73. The molecule has 0 aromatic carbocycles. The topological polar surface area (TPSA) is 51.0 Å². The molecule has 2 heterocycles. The van der Waals surface area contributed by atoms with E-state index in [1.165, 1.54) is 4.88 Å². The fourth-order valence-corrected chi connectivity index (χ4v) is 2.46. The second kappa shape index (κ2) is 6.66. The molecule has 2 aromatic heterocycles. The summed E-state index contributed by atoms with van der Waals surface area (Å²) in [5, 5.41) is 13.7. The van der Waals surface area contributed by atoms with Crippen LogP contribution in [0.25, 0.3) is 0 Å². The predicted molar refractivity (Wildman–Crippen MR) is 72.7 cm³/mol. The molecule has 5 heteroatoms. The highest BCUT2D eigenvalue weighted by Crippen LogP contribution is 2.18. The van der Waals surface area contributed by atoms with Gasteiger partial charge in [0.25, 0.3) is 0 Å². The summed E-state index contributed by atoms with van der Waals surface area (Å²) in [7, 11) is 0. The van der Waals surface area contributed by atoms with Gasteiger partial charge in [0.2, 0.25) is 11.8 Å². The Kier molecular flexibility index (Phi) is 4.90. The van der Waals surface area contributed by atoms with Crippen LogP contribution in [0.1, 0.15) is 49.4 Å². The molecule has 0 spiro atoms. The van der Waals surface area contributed by atoms with Gasteiger partial charge in [-0.25, -0.2) is 0 Å². The second-order valence-electron chi connectivity index (χ2n) is 4.21. The van der Waals surface area contributed by atoms with E-state index in [1.54, 1.807) is 11.3 Å². The molecule has 1 N–H and O–H groups in total. The molecule has 4 nitrogen and oxygen atoms in total. The number of rotatable bonds is 7. The van der Waals surface area contributed by atoms with Crippen LogP contribution in [0.5, 0.6) is 0 Å². The summed E-state index contributed by atoms with van der Waals surface area (Å²) in [6, 6.07) is 4.30. The normalized spacial score (nSPS) is 12.8. The lowest BCUT2D eigenvalue weighted by Gasteiger charge is -2.11. The summed E-state index contributed by atoms with van der Waals surface area (Å²) in [4.78, 5) is 1.25. The van der Waals surface area contributed by atoms with E-state index in [9.17, 15) is 0 Å². The van der Waals surface area contributed by atoms with Crippen molar-refractivity contribution in [1.82, 2.24) is 15.5 Å². The van der Waals surface area contributed by atoms with Crippen molar-refractivity contribution < 1.29 is 4.42 Å². The highest BCUT2D eigenvalue weighted by Gasteiger charge is 2.16. The highest BCUT2D eigenvalue weighted by atomic mass is 32.1. The van der Waals surface area contributed by atoms with Crippen LogP contribution in [0, 0.1) is 0 Å². The SMILES string of the molecule is CCCNC(CC)c1nnc(Cc2cccs2)o1. The lowest BCUT2D eigenvalue weighted by atomic mass is 10.2. The Morgan fingerprint density at radius 1 is 1.39 bits per heavy atom. The number of thiophene rings is 1. The molecule has 0 saturated heterocycles. The van der Waals surface area contributed by atoms with Crippen LogP contribution in [0.2, 0.25) is 0 Å². The van der Waals surface area contributed by atoms with Crippen LogP contribution in [-0.4, -0.2) is 16.7 Å². The maximum absolute atomic E-state index is 5.73. The lowest BCUT2D eigenvalue weighted by molar-refractivity contribution is 0.376. The number of hydrogen-bond donors (Lipinski definition) is 1. The first-order valence-corrected chi connectivity index (χ1v) is 7.29. The van der Waals surface area contributed by atoms with E-state index in [4.69, 9.17) is 4.42 Å². The fourth-order valence-electron chi connectivity index (χ4n) is 1.77. The van der Waals surface area contributed by atoms with Gasteiger partial charge < -0.3 is 9.73 Å². The van der Waals surface area contributed by atoms with Crippen LogP contribution in [0.3, 0.4) is 0 Å². The standard InChI is InChI=1S/C13H19N3OS/c1-3-7-14-11(4-2)13-16-15-12(17-13)9-10-6-5-8-18-10/h5-6,8,11,14H,3-4,7,9H2,1-2H3. The molecule has 1 atom stereocenters. The third-order valence-corrected chi connectivity index (χ3v) is 3.61. The monoisotopic (exact) mass is 265 g/mol. The molecule has 0 saturated carbocycles. The van der Waals surface area contributed by atoms with Gasteiger partial charge in [0.1, 0.15) is 0 Å². The third-order valence-electron chi connectivity index (χ3n) is 2.74. The quantitative estimate of drug-likeness (QED) is 0.835. The van der Waals surface area contributed by atoms with E-state index in [0.29, 0.717) is 11.8 Å². The van der Waals surface area contributed by atoms with Crippen molar-refractivity contribution in [3.8, 4) is 0 Å². The first-order valence-electron chi connectivity index (χ1n) is 6.41. The molecule has 0 radical (unpaired) electrons.